The van der Waals surface area contributed by atoms with Gasteiger partial charge >= 0.3 is 0 Å². The first-order chi connectivity index (χ1) is 14.2. The topological polar surface area (TPSA) is 104 Å². The number of fused-ring (bicyclic) bond motifs is 1. The van der Waals surface area contributed by atoms with Gasteiger partial charge in [-0.25, -0.2) is 0 Å². The SMILES string of the molecule is CCN1c2cc(OC)c(N=Nc3ccc([N+](=O)[O-])cc3C#N)cc2C(C)=CC1(C)C. The van der Waals surface area contributed by atoms with E-state index in [4.69, 9.17) is 4.74 Å². The lowest BCUT2D eigenvalue weighted by Gasteiger charge is -2.43. The van der Waals surface area contributed by atoms with E-state index in [1.54, 1.807) is 7.11 Å². The van der Waals surface area contributed by atoms with E-state index in [2.05, 4.69) is 48.9 Å². The fraction of sp³-hybridized carbons (Fsp3) is 0.318. The van der Waals surface area contributed by atoms with Crippen molar-refractivity contribution in [1.82, 2.24) is 0 Å². The van der Waals surface area contributed by atoms with E-state index in [-0.39, 0.29) is 22.5 Å². The van der Waals surface area contributed by atoms with Crippen LogP contribution in [0.15, 0.2) is 46.6 Å². The second-order valence-corrected chi connectivity index (χ2v) is 7.54. The number of nitrogens with zero attached hydrogens (tertiary/aromatic N) is 5. The van der Waals surface area contributed by atoms with Gasteiger partial charge in [0, 0.05) is 36.0 Å². The minimum atomic E-state index is -0.551. The van der Waals surface area contributed by atoms with E-state index >= 15 is 0 Å². The lowest BCUT2D eigenvalue weighted by Crippen LogP contribution is -2.44. The van der Waals surface area contributed by atoms with Crippen LogP contribution in [0.25, 0.3) is 5.57 Å². The Kier molecular flexibility index (Phi) is 5.56. The number of methoxy groups -OCH3 is 1. The molecule has 0 unspecified atom stereocenters. The van der Waals surface area contributed by atoms with E-state index < -0.39 is 4.92 Å². The van der Waals surface area contributed by atoms with Crippen LogP contribution in [0.4, 0.5) is 22.7 Å². The Morgan fingerprint density at radius 1 is 1.23 bits per heavy atom. The smallest absolute Gasteiger partial charge is 0.270 e. The summed E-state index contributed by atoms with van der Waals surface area (Å²) in [6.45, 7) is 9.34. The van der Waals surface area contributed by atoms with Crippen LogP contribution in [0.5, 0.6) is 5.75 Å². The molecule has 1 heterocycles. The maximum atomic E-state index is 10.9. The molecule has 0 N–H and O–H groups in total. The van der Waals surface area contributed by atoms with Crippen molar-refractivity contribution >= 4 is 28.3 Å². The number of rotatable bonds is 5. The molecule has 3 rings (SSSR count). The molecular weight excluding hydrogens is 382 g/mol. The molecule has 0 fully saturated rings. The fourth-order valence-electron chi connectivity index (χ4n) is 3.83. The summed E-state index contributed by atoms with van der Waals surface area (Å²) in [5.41, 5.74) is 3.79. The molecule has 1 aliphatic heterocycles. The zero-order valence-corrected chi connectivity index (χ0v) is 17.6. The number of allylic oxidation sites excluding steroid dienone is 1. The van der Waals surface area contributed by atoms with Gasteiger partial charge in [-0.15, -0.1) is 10.2 Å². The largest absolute Gasteiger partial charge is 0.494 e. The van der Waals surface area contributed by atoms with Gasteiger partial charge in [-0.1, -0.05) is 6.08 Å². The van der Waals surface area contributed by atoms with Gasteiger partial charge in [0.05, 0.1) is 23.1 Å². The molecule has 154 valence electrons. The Bertz CT molecular complexity index is 1110. The molecule has 0 saturated heterocycles. The Hall–Kier alpha value is -3.73. The van der Waals surface area contributed by atoms with Crippen molar-refractivity contribution in [2.24, 2.45) is 10.2 Å². The number of azo groups is 1. The quantitative estimate of drug-likeness (QED) is 0.349. The molecule has 0 bridgehead atoms. The summed E-state index contributed by atoms with van der Waals surface area (Å²) < 4.78 is 5.55. The zero-order valence-electron chi connectivity index (χ0n) is 17.6. The van der Waals surface area contributed by atoms with Crippen molar-refractivity contribution in [3.8, 4) is 11.8 Å². The third-order valence-corrected chi connectivity index (χ3v) is 5.17. The molecule has 0 radical (unpaired) electrons. The maximum Gasteiger partial charge on any atom is 0.270 e. The standard InChI is InChI=1S/C22H23N5O3/c1-6-26-20-11-21(30-5)19(10-17(20)14(2)12-22(26,3)4)25-24-18-8-7-16(27(28)29)9-15(18)13-23/h7-12H,6H2,1-5H3. The highest BCUT2D eigenvalue weighted by atomic mass is 16.6. The lowest BCUT2D eigenvalue weighted by atomic mass is 9.88. The molecule has 0 saturated carbocycles. The van der Waals surface area contributed by atoms with E-state index in [1.165, 1.54) is 18.2 Å². The Morgan fingerprint density at radius 2 is 1.93 bits per heavy atom. The number of anilines is 1. The highest BCUT2D eigenvalue weighted by Crippen LogP contribution is 2.44. The van der Waals surface area contributed by atoms with Gasteiger partial charge in [0.2, 0.25) is 0 Å². The number of nitro groups is 1. The van der Waals surface area contributed by atoms with Crippen LogP contribution in [0, 0.1) is 21.4 Å². The minimum absolute atomic E-state index is 0.0832. The molecule has 0 spiro atoms. The van der Waals surface area contributed by atoms with Gasteiger partial charge in [0.1, 0.15) is 23.2 Å². The maximum absolute atomic E-state index is 10.9. The molecule has 0 aliphatic carbocycles. The van der Waals surface area contributed by atoms with Crippen molar-refractivity contribution in [2.75, 3.05) is 18.6 Å². The first kappa shape index (κ1) is 21.0. The number of non-ortho nitro benzene ring substituents is 1. The summed E-state index contributed by atoms with van der Waals surface area (Å²) in [7, 11) is 1.57. The third kappa shape index (κ3) is 3.74. The van der Waals surface area contributed by atoms with Crippen LogP contribution < -0.4 is 9.64 Å². The van der Waals surface area contributed by atoms with E-state index in [1.807, 2.05) is 18.2 Å². The monoisotopic (exact) mass is 405 g/mol. The summed E-state index contributed by atoms with van der Waals surface area (Å²) in [5, 5.41) is 28.7. The second kappa shape index (κ2) is 7.95. The van der Waals surface area contributed by atoms with Crippen molar-refractivity contribution in [1.29, 1.82) is 5.26 Å². The number of nitro benzene ring substituents is 1. The van der Waals surface area contributed by atoms with Crippen LogP contribution in [0.3, 0.4) is 0 Å². The Balaban J connectivity index is 2.08. The molecule has 30 heavy (non-hydrogen) atoms. The van der Waals surface area contributed by atoms with Crippen molar-refractivity contribution in [3.63, 3.8) is 0 Å². The van der Waals surface area contributed by atoms with Crippen LogP contribution in [0.1, 0.15) is 38.8 Å². The van der Waals surface area contributed by atoms with E-state index in [0.717, 1.165) is 23.4 Å². The summed E-state index contributed by atoms with van der Waals surface area (Å²) in [4.78, 5) is 12.7. The lowest BCUT2D eigenvalue weighted by molar-refractivity contribution is -0.384. The highest BCUT2D eigenvalue weighted by Gasteiger charge is 2.31. The normalized spacial score (nSPS) is 14.8. The van der Waals surface area contributed by atoms with Gasteiger partial charge in [0.25, 0.3) is 5.69 Å². The first-order valence-electron chi connectivity index (χ1n) is 9.51. The molecule has 8 heteroatoms. The average Bonchev–Trinajstić information content (AvgIpc) is 2.71. The van der Waals surface area contributed by atoms with Crippen LogP contribution in [-0.2, 0) is 0 Å². The van der Waals surface area contributed by atoms with Crippen molar-refractivity contribution in [3.05, 3.63) is 57.6 Å². The van der Waals surface area contributed by atoms with Crippen molar-refractivity contribution in [2.45, 2.75) is 33.2 Å². The average molecular weight is 405 g/mol. The molecule has 1 aliphatic rings. The number of likely N-dealkylation sites (N-methyl/N-ethyl adjacent to an activating group) is 1. The summed E-state index contributed by atoms with van der Waals surface area (Å²) >= 11 is 0. The van der Waals surface area contributed by atoms with Gasteiger partial charge < -0.3 is 9.64 Å². The number of hydrogen-bond donors (Lipinski definition) is 0. The minimum Gasteiger partial charge on any atom is -0.494 e. The number of ether oxygens (including phenoxy) is 1. The molecule has 0 atom stereocenters. The van der Waals surface area contributed by atoms with E-state index in [9.17, 15) is 15.4 Å². The molecule has 0 aromatic heterocycles. The first-order valence-corrected chi connectivity index (χ1v) is 9.51. The molecule has 2 aromatic carbocycles. The molecule has 2 aromatic rings. The summed E-state index contributed by atoms with van der Waals surface area (Å²) in [5.74, 6) is 0.557. The predicted octanol–water partition coefficient (Wildman–Crippen LogP) is 5.91. The second-order valence-electron chi connectivity index (χ2n) is 7.54. The summed E-state index contributed by atoms with van der Waals surface area (Å²) in [6.07, 6.45) is 2.22. The third-order valence-electron chi connectivity index (χ3n) is 5.17. The van der Waals surface area contributed by atoms with Crippen LogP contribution in [0.2, 0.25) is 0 Å². The zero-order chi connectivity index (χ0) is 22.1. The molecule has 8 nitrogen and oxygen atoms in total. The number of benzene rings is 2. The highest BCUT2D eigenvalue weighted by molar-refractivity contribution is 5.85. The Morgan fingerprint density at radius 3 is 2.53 bits per heavy atom. The van der Waals surface area contributed by atoms with Crippen molar-refractivity contribution < 1.29 is 9.66 Å². The number of nitriles is 1. The van der Waals surface area contributed by atoms with Gasteiger partial charge in [-0.3, -0.25) is 10.1 Å². The van der Waals surface area contributed by atoms with Crippen LogP contribution >= 0.6 is 0 Å². The van der Waals surface area contributed by atoms with E-state index in [0.29, 0.717) is 11.4 Å². The Labute approximate surface area is 175 Å². The van der Waals surface area contributed by atoms with Gasteiger partial charge in [-0.2, -0.15) is 5.26 Å². The molecular formula is C22H23N5O3. The fourth-order valence-corrected chi connectivity index (χ4v) is 3.83. The van der Waals surface area contributed by atoms with Gasteiger partial charge in [-0.05, 0) is 45.4 Å². The van der Waals surface area contributed by atoms with Gasteiger partial charge in [0.15, 0.2) is 0 Å². The molecule has 0 amide bonds. The van der Waals surface area contributed by atoms with Crippen LogP contribution in [-0.4, -0.2) is 24.1 Å². The predicted molar refractivity (Wildman–Crippen MR) is 116 cm³/mol. The summed E-state index contributed by atoms with van der Waals surface area (Å²) in [6, 6.07) is 9.70. The number of hydrogen-bond acceptors (Lipinski definition) is 7.